The van der Waals surface area contributed by atoms with E-state index < -0.39 is 15.2 Å². The highest BCUT2D eigenvalue weighted by atomic mass is 35.5. The Hall–Kier alpha value is -0.980. The third kappa shape index (κ3) is 4.36. The van der Waals surface area contributed by atoms with Crippen LogP contribution in [0.25, 0.3) is 0 Å². The van der Waals surface area contributed by atoms with Crippen LogP contribution in [0, 0.1) is 0 Å². The van der Waals surface area contributed by atoms with Crippen molar-refractivity contribution in [2.75, 3.05) is 26.0 Å². The molecule has 0 heterocycles. The van der Waals surface area contributed by atoms with E-state index >= 15 is 0 Å². The van der Waals surface area contributed by atoms with E-state index in [1.54, 1.807) is 20.3 Å². The van der Waals surface area contributed by atoms with Crippen LogP contribution in [0.4, 0.5) is 0 Å². The molecule has 0 bridgehead atoms. The number of nitrogens with one attached hydrogen (secondary N) is 1. The molecule has 0 aromatic heterocycles. The molecule has 0 spiro atoms. The second-order valence-electron chi connectivity index (χ2n) is 3.56. The summed E-state index contributed by atoms with van der Waals surface area (Å²) in [5, 5.41) is -0.432. The smallest absolute Gasteiger partial charge is 0.225 e. The van der Waals surface area contributed by atoms with Crippen LogP contribution in [0.15, 0.2) is 18.2 Å². The van der Waals surface area contributed by atoms with E-state index in [4.69, 9.17) is 21.1 Å². The van der Waals surface area contributed by atoms with Crippen molar-refractivity contribution in [2.45, 2.75) is 6.42 Å². The number of rotatable bonds is 7. The monoisotopic (exact) mass is 293 g/mol. The lowest BCUT2D eigenvalue weighted by Crippen LogP contribution is -2.26. The SMILES string of the molecule is COc1ccc(CCNS(=O)(=O)CCl)cc1OC. The summed E-state index contributed by atoms with van der Waals surface area (Å²) in [4.78, 5) is 0. The van der Waals surface area contributed by atoms with E-state index in [-0.39, 0.29) is 0 Å². The van der Waals surface area contributed by atoms with Crippen molar-refractivity contribution >= 4 is 21.6 Å². The molecule has 18 heavy (non-hydrogen) atoms. The van der Waals surface area contributed by atoms with Crippen LogP contribution in [0.2, 0.25) is 0 Å². The quantitative estimate of drug-likeness (QED) is 0.771. The number of methoxy groups -OCH3 is 2. The third-order valence-corrected chi connectivity index (χ3v) is 4.12. The van der Waals surface area contributed by atoms with Gasteiger partial charge in [0.15, 0.2) is 11.5 Å². The van der Waals surface area contributed by atoms with Gasteiger partial charge in [0, 0.05) is 6.54 Å². The standard InChI is InChI=1S/C11H16ClNO4S/c1-16-10-4-3-9(7-11(10)17-2)5-6-13-18(14,15)8-12/h3-4,7,13H,5-6,8H2,1-2H3. The molecule has 1 N–H and O–H groups in total. The molecule has 0 saturated carbocycles. The van der Waals surface area contributed by atoms with Crippen molar-refractivity contribution in [1.29, 1.82) is 0 Å². The zero-order valence-corrected chi connectivity index (χ0v) is 11.8. The van der Waals surface area contributed by atoms with Gasteiger partial charge in [-0.2, -0.15) is 0 Å². The fourth-order valence-electron chi connectivity index (χ4n) is 1.43. The predicted molar refractivity (Wildman–Crippen MR) is 70.9 cm³/mol. The average molecular weight is 294 g/mol. The van der Waals surface area contributed by atoms with Gasteiger partial charge in [-0.3, -0.25) is 0 Å². The third-order valence-electron chi connectivity index (χ3n) is 2.33. The number of alkyl halides is 1. The molecule has 0 aliphatic carbocycles. The van der Waals surface area contributed by atoms with Gasteiger partial charge in [0.25, 0.3) is 0 Å². The van der Waals surface area contributed by atoms with Crippen LogP contribution < -0.4 is 14.2 Å². The van der Waals surface area contributed by atoms with Crippen molar-refractivity contribution in [3.05, 3.63) is 23.8 Å². The summed E-state index contributed by atoms with van der Waals surface area (Å²) in [7, 11) is -0.244. The predicted octanol–water partition coefficient (Wildman–Crippen LogP) is 1.36. The lowest BCUT2D eigenvalue weighted by Gasteiger charge is -2.09. The fourth-order valence-corrected chi connectivity index (χ4v) is 2.15. The van der Waals surface area contributed by atoms with Crippen molar-refractivity contribution < 1.29 is 17.9 Å². The number of sulfonamides is 1. The summed E-state index contributed by atoms with van der Waals surface area (Å²) in [6.45, 7) is 0.296. The Morgan fingerprint density at radius 3 is 2.44 bits per heavy atom. The summed E-state index contributed by atoms with van der Waals surface area (Å²) in [6.07, 6.45) is 0.552. The normalized spacial score (nSPS) is 11.3. The molecule has 1 aromatic carbocycles. The van der Waals surface area contributed by atoms with Crippen LogP contribution >= 0.6 is 11.6 Å². The van der Waals surface area contributed by atoms with Gasteiger partial charge < -0.3 is 9.47 Å². The average Bonchev–Trinajstić information content (AvgIpc) is 2.38. The molecular weight excluding hydrogens is 278 g/mol. The summed E-state index contributed by atoms with van der Waals surface area (Å²) >= 11 is 5.28. The van der Waals surface area contributed by atoms with Crippen LogP contribution in [-0.2, 0) is 16.4 Å². The largest absolute Gasteiger partial charge is 0.493 e. The molecule has 0 atom stereocenters. The first-order valence-corrected chi connectivity index (χ1v) is 7.45. The van der Waals surface area contributed by atoms with E-state index in [1.807, 2.05) is 12.1 Å². The number of benzene rings is 1. The molecule has 1 aromatic rings. The first-order valence-electron chi connectivity index (χ1n) is 5.26. The summed E-state index contributed by atoms with van der Waals surface area (Å²) in [5.41, 5.74) is 0.949. The molecule has 102 valence electrons. The molecular formula is C11H16ClNO4S. The number of hydrogen-bond donors (Lipinski definition) is 1. The molecule has 0 saturated heterocycles. The molecule has 5 nitrogen and oxygen atoms in total. The Labute approximate surface area is 112 Å². The van der Waals surface area contributed by atoms with Gasteiger partial charge in [-0.05, 0) is 24.1 Å². The lowest BCUT2D eigenvalue weighted by molar-refractivity contribution is 0.354. The molecule has 0 unspecified atom stereocenters. The molecule has 0 radical (unpaired) electrons. The van der Waals surface area contributed by atoms with Crippen molar-refractivity contribution in [3.8, 4) is 11.5 Å². The van der Waals surface area contributed by atoms with Crippen LogP contribution in [-0.4, -0.2) is 34.4 Å². The topological polar surface area (TPSA) is 64.6 Å². The van der Waals surface area contributed by atoms with Crippen LogP contribution in [0.5, 0.6) is 11.5 Å². The molecule has 0 amide bonds. The van der Waals surface area contributed by atoms with E-state index in [0.29, 0.717) is 24.5 Å². The highest BCUT2D eigenvalue weighted by Gasteiger charge is 2.08. The highest BCUT2D eigenvalue weighted by molar-refractivity contribution is 7.90. The maximum Gasteiger partial charge on any atom is 0.225 e. The number of halogens is 1. The first-order chi connectivity index (χ1) is 8.52. The van der Waals surface area contributed by atoms with Gasteiger partial charge in [0.2, 0.25) is 10.0 Å². The van der Waals surface area contributed by atoms with Gasteiger partial charge in [-0.1, -0.05) is 6.07 Å². The van der Waals surface area contributed by atoms with Crippen molar-refractivity contribution in [3.63, 3.8) is 0 Å². The van der Waals surface area contributed by atoms with Gasteiger partial charge in [0.05, 0.1) is 14.2 Å². The Morgan fingerprint density at radius 2 is 1.89 bits per heavy atom. The van der Waals surface area contributed by atoms with Gasteiger partial charge in [-0.15, -0.1) is 11.6 Å². The molecule has 1 rings (SSSR count). The number of ether oxygens (including phenoxy) is 2. The zero-order chi connectivity index (χ0) is 13.6. The van der Waals surface area contributed by atoms with Crippen LogP contribution in [0.3, 0.4) is 0 Å². The second kappa shape index (κ2) is 6.82. The minimum absolute atomic E-state index is 0.296. The molecule has 0 aliphatic heterocycles. The van der Waals surface area contributed by atoms with E-state index in [0.717, 1.165) is 5.56 Å². The summed E-state index contributed by atoms with van der Waals surface area (Å²) in [6, 6.07) is 5.45. The van der Waals surface area contributed by atoms with Crippen LogP contribution in [0.1, 0.15) is 5.56 Å². The number of hydrogen-bond acceptors (Lipinski definition) is 4. The fraction of sp³-hybridized carbons (Fsp3) is 0.455. The van der Waals surface area contributed by atoms with Gasteiger partial charge in [0.1, 0.15) is 5.21 Å². The second-order valence-corrected chi connectivity index (χ2v) is 5.95. The lowest BCUT2D eigenvalue weighted by atomic mass is 10.1. The zero-order valence-electron chi connectivity index (χ0n) is 10.3. The summed E-state index contributed by atoms with van der Waals surface area (Å²) < 4.78 is 34.9. The van der Waals surface area contributed by atoms with E-state index in [9.17, 15) is 8.42 Å². The minimum Gasteiger partial charge on any atom is -0.493 e. The first kappa shape index (κ1) is 15.1. The maximum absolute atomic E-state index is 11.1. The highest BCUT2D eigenvalue weighted by Crippen LogP contribution is 2.27. The van der Waals surface area contributed by atoms with E-state index in [1.165, 1.54) is 0 Å². The van der Waals surface area contributed by atoms with Crippen molar-refractivity contribution in [1.82, 2.24) is 4.72 Å². The molecule has 0 aliphatic rings. The Balaban J connectivity index is 2.63. The van der Waals surface area contributed by atoms with Crippen molar-refractivity contribution in [2.24, 2.45) is 0 Å². The minimum atomic E-state index is -3.36. The Bertz CT molecular complexity index is 490. The Morgan fingerprint density at radius 1 is 1.22 bits per heavy atom. The van der Waals surface area contributed by atoms with E-state index in [2.05, 4.69) is 4.72 Å². The van der Waals surface area contributed by atoms with Gasteiger partial charge >= 0.3 is 0 Å². The molecule has 0 fully saturated rings. The Kier molecular flexibility index (Phi) is 5.71. The molecule has 7 heteroatoms. The van der Waals surface area contributed by atoms with Gasteiger partial charge in [-0.25, -0.2) is 13.1 Å². The maximum atomic E-state index is 11.1. The summed E-state index contributed by atoms with van der Waals surface area (Å²) in [5.74, 6) is 1.26.